The van der Waals surface area contributed by atoms with Crippen LogP contribution in [0, 0.1) is 20.8 Å². The Morgan fingerprint density at radius 3 is 2.47 bits per heavy atom. The zero-order valence-corrected chi connectivity index (χ0v) is 11.7. The average molecular weight is 250 g/mol. The molecule has 0 aromatic carbocycles. The molecule has 0 aliphatic rings. The molecule has 0 amide bonds. The van der Waals surface area contributed by atoms with Gasteiger partial charge in [0.05, 0.1) is 11.7 Å². The van der Waals surface area contributed by atoms with Crippen molar-refractivity contribution >= 4 is 11.3 Å². The molecule has 1 N–H and O–H groups in total. The number of nitrogens with zero attached hydrogens (tertiary/aromatic N) is 3. The molecule has 1 unspecified atom stereocenters. The molecule has 17 heavy (non-hydrogen) atoms. The first-order valence-corrected chi connectivity index (χ1v) is 6.52. The van der Waals surface area contributed by atoms with E-state index >= 15 is 0 Å². The molecule has 0 saturated carbocycles. The topological polar surface area (TPSA) is 42.7 Å². The Morgan fingerprint density at radius 2 is 2.06 bits per heavy atom. The predicted octanol–water partition coefficient (Wildman–Crippen LogP) is 2.11. The molecular formula is C12H18N4S. The summed E-state index contributed by atoms with van der Waals surface area (Å²) < 4.78 is 1.93. The third-order valence-electron chi connectivity index (χ3n) is 3.03. The predicted molar refractivity (Wildman–Crippen MR) is 70.4 cm³/mol. The van der Waals surface area contributed by atoms with Gasteiger partial charge in [0, 0.05) is 29.4 Å². The summed E-state index contributed by atoms with van der Waals surface area (Å²) in [6.45, 7) is 6.17. The molecule has 0 aliphatic carbocycles. The highest BCUT2D eigenvalue weighted by Crippen LogP contribution is 2.28. The summed E-state index contributed by atoms with van der Waals surface area (Å²) >= 11 is 1.69. The van der Waals surface area contributed by atoms with Gasteiger partial charge in [-0.05, 0) is 27.8 Å². The highest BCUT2D eigenvalue weighted by molar-refractivity contribution is 7.09. The Bertz CT molecular complexity index is 527. The van der Waals surface area contributed by atoms with Crippen LogP contribution in [0.4, 0.5) is 0 Å². The van der Waals surface area contributed by atoms with Gasteiger partial charge >= 0.3 is 0 Å². The van der Waals surface area contributed by atoms with Crippen molar-refractivity contribution in [2.24, 2.45) is 7.05 Å². The molecule has 0 bridgehead atoms. The molecule has 0 saturated heterocycles. The molecule has 4 nitrogen and oxygen atoms in total. The summed E-state index contributed by atoms with van der Waals surface area (Å²) in [5, 5.41) is 11.0. The van der Waals surface area contributed by atoms with Crippen molar-refractivity contribution < 1.29 is 0 Å². The average Bonchev–Trinajstić information content (AvgIpc) is 2.79. The normalized spacial score (nSPS) is 13.0. The second-order valence-electron chi connectivity index (χ2n) is 4.26. The van der Waals surface area contributed by atoms with Gasteiger partial charge in [0.25, 0.3) is 0 Å². The summed E-state index contributed by atoms with van der Waals surface area (Å²) in [7, 11) is 3.94. The minimum atomic E-state index is 0.141. The lowest BCUT2D eigenvalue weighted by molar-refractivity contribution is 0.672. The molecule has 0 radical (unpaired) electrons. The number of nitrogens with one attached hydrogen (secondary N) is 1. The Morgan fingerprint density at radius 1 is 1.35 bits per heavy atom. The molecule has 5 heteroatoms. The molecule has 2 aromatic rings. The van der Waals surface area contributed by atoms with Gasteiger partial charge in [-0.1, -0.05) is 0 Å². The molecule has 92 valence electrons. The van der Waals surface area contributed by atoms with E-state index in [9.17, 15) is 0 Å². The van der Waals surface area contributed by atoms with Crippen LogP contribution < -0.4 is 5.32 Å². The fraction of sp³-hybridized carbons (Fsp3) is 0.500. The van der Waals surface area contributed by atoms with Gasteiger partial charge in [0.2, 0.25) is 0 Å². The summed E-state index contributed by atoms with van der Waals surface area (Å²) in [6, 6.07) is 0.141. The first kappa shape index (κ1) is 12.3. The first-order valence-electron chi connectivity index (χ1n) is 5.64. The van der Waals surface area contributed by atoms with Gasteiger partial charge in [-0.25, -0.2) is 4.98 Å². The third kappa shape index (κ3) is 2.12. The zero-order chi connectivity index (χ0) is 12.6. The van der Waals surface area contributed by atoms with Crippen LogP contribution in [0.5, 0.6) is 0 Å². The van der Waals surface area contributed by atoms with Gasteiger partial charge in [0.15, 0.2) is 0 Å². The van der Waals surface area contributed by atoms with E-state index in [0.29, 0.717) is 0 Å². The molecule has 1 atom stereocenters. The first-order chi connectivity index (χ1) is 8.04. The highest BCUT2D eigenvalue weighted by Gasteiger charge is 2.22. The fourth-order valence-corrected chi connectivity index (χ4v) is 3.02. The van der Waals surface area contributed by atoms with E-state index in [1.165, 1.54) is 11.3 Å². The monoisotopic (exact) mass is 250 g/mol. The molecule has 2 aromatic heterocycles. The molecule has 0 fully saturated rings. The van der Waals surface area contributed by atoms with Crippen LogP contribution in [0.3, 0.4) is 0 Å². The number of hydrogen-bond acceptors (Lipinski definition) is 4. The van der Waals surface area contributed by atoms with Crippen LogP contribution in [0.2, 0.25) is 0 Å². The minimum Gasteiger partial charge on any atom is -0.307 e. The largest absolute Gasteiger partial charge is 0.307 e. The van der Waals surface area contributed by atoms with Gasteiger partial charge in [-0.3, -0.25) is 4.68 Å². The van der Waals surface area contributed by atoms with Crippen LogP contribution in [-0.2, 0) is 7.05 Å². The number of thiazole rings is 1. The molecule has 0 spiro atoms. The summed E-state index contributed by atoms with van der Waals surface area (Å²) in [5.74, 6) is 0. The van der Waals surface area contributed by atoms with Crippen molar-refractivity contribution in [3.8, 4) is 0 Å². The molecule has 2 rings (SSSR count). The quantitative estimate of drug-likeness (QED) is 0.907. The van der Waals surface area contributed by atoms with Crippen molar-refractivity contribution in [1.29, 1.82) is 0 Å². The van der Waals surface area contributed by atoms with Crippen molar-refractivity contribution in [2.45, 2.75) is 26.8 Å². The second-order valence-corrected chi connectivity index (χ2v) is 5.15. The van der Waals surface area contributed by atoms with Gasteiger partial charge < -0.3 is 5.32 Å². The van der Waals surface area contributed by atoms with Crippen molar-refractivity contribution in [2.75, 3.05) is 7.05 Å². The van der Waals surface area contributed by atoms with Crippen molar-refractivity contribution in [3.05, 3.63) is 33.0 Å². The van der Waals surface area contributed by atoms with E-state index in [2.05, 4.69) is 27.7 Å². The second kappa shape index (κ2) is 4.58. The molecular weight excluding hydrogens is 232 g/mol. The minimum absolute atomic E-state index is 0.141. The van der Waals surface area contributed by atoms with Gasteiger partial charge in [-0.15, -0.1) is 11.3 Å². The van der Waals surface area contributed by atoms with Crippen LogP contribution in [0.1, 0.15) is 33.7 Å². The lowest BCUT2D eigenvalue weighted by Gasteiger charge is -2.14. The van der Waals surface area contributed by atoms with E-state index < -0.39 is 0 Å². The number of aryl methyl sites for hydroxylation is 3. The smallest absolute Gasteiger partial charge is 0.115 e. The number of rotatable bonds is 3. The van der Waals surface area contributed by atoms with Crippen LogP contribution >= 0.6 is 11.3 Å². The highest BCUT2D eigenvalue weighted by atomic mass is 32.1. The Labute approximate surface area is 106 Å². The van der Waals surface area contributed by atoms with Crippen molar-refractivity contribution in [3.63, 3.8) is 0 Å². The third-order valence-corrected chi connectivity index (χ3v) is 4.05. The van der Waals surface area contributed by atoms with E-state index in [1.54, 1.807) is 11.3 Å². The van der Waals surface area contributed by atoms with E-state index in [4.69, 9.17) is 0 Å². The molecule has 0 aliphatic heterocycles. The fourth-order valence-electron chi connectivity index (χ4n) is 2.10. The van der Waals surface area contributed by atoms with Crippen LogP contribution in [0.15, 0.2) is 5.38 Å². The van der Waals surface area contributed by atoms with Crippen LogP contribution in [0.25, 0.3) is 0 Å². The SMILES string of the molecule is CNC(c1nc(C)cs1)c1c(C)nn(C)c1C. The lowest BCUT2D eigenvalue weighted by atomic mass is 10.1. The lowest BCUT2D eigenvalue weighted by Crippen LogP contribution is -2.19. The Kier molecular flexibility index (Phi) is 3.31. The van der Waals surface area contributed by atoms with Gasteiger partial charge in [-0.2, -0.15) is 5.10 Å². The zero-order valence-electron chi connectivity index (χ0n) is 10.9. The Balaban J connectivity index is 2.49. The van der Waals surface area contributed by atoms with E-state index in [0.717, 1.165) is 16.4 Å². The Hall–Kier alpha value is -1.20. The van der Waals surface area contributed by atoms with Crippen molar-refractivity contribution in [1.82, 2.24) is 20.1 Å². The summed E-state index contributed by atoms with van der Waals surface area (Å²) in [5.41, 5.74) is 4.57. The van der Waals surface area contributed by atoms with E-state index in [-0.39, 0.29) is 6.04 Å². The van der Waals surface area contributed by atoms with Crippen LogP contribution in [-0.4, -0.2) is 21.8 Å². The summed E-state index contributed by atoms with van der Waals surface area (Å²) in [4.78, 5) is 4.57. The maximum absolute atomic E-state index is 4.57. The van der Waals surface area contributed by atoms with E-state index in [1.807, 2.05) is 32.6 Å². The standard InChI is InChI=1S/C12H18N4S/c1-7-6-17-12(14-7)11(13-4)10-8(2)15-16(5)9(10)3/h6,11,13H,1-5H3. The summed E-state index contributed by atoms with van der Waals surface area (Å²) in [6.07, 6.45) is 0. The number of aromatic nitrogens is 3. The maximum Gasteiger partial charge on any atom is 0.115 e. The maximum atomic E-state index is 4.57. The number of hydrogen-bond donors (Lipinski definition) is 1. The van der Waals surface area contributed by atoms with Gasteiger partial charge in [0.1, 0.15) is 5.01 Å². The molecule has 2 heterocycles.